The number of esters is 3. The molecule has 1 aliphatic heterocycles. The highest BCUT2D eigenvalue weighted by Gasteiger charge is 2.38. The summed E-state index contributed by atoms with van der Waals surface area (Å²) in [4.78, 5) is 51.8. The minimum absolute atomic E-state index is 0.0714. The Kier molecular flexibility index (Phi) is 13.9. The van der Waals surface area contributed by atoms with Crippen LogP contribution in [0.5, 0.6) is 0 Å². The Hall–Kier alpha value is -2.20. The second-order valence-electron chi connectivity index (χ2n) is 9.61. The van der Waals surface area contributed by atoms with E-state index in [4.69, 9.17) is 14.2 Å². The fraction of sp³-hybridized carbons (Fsp3) is 0.840. The maximum absolute atomic E-state index is 13.0. The molecule has 1 saturated heterocycles. The largest absolute Gasteiger partial charge is 0.465 e. The van der Waals surface area contributed by atoms with Crippen molar-refractivity contribution in [2.24, 2.45) is 11.3 Å². The zero-order chi connectivity index (χ0) is 26.4. The average Bonchev–Trinajstić information content (AvgIpc) is 3.25. The minimum Gasteiger partial charge on any atom is -0.465 e. The number of rotatable bonds is 17. The van der Waals surface area contributed by atoms with Crippen molar-refractivity contribution in [3.63, 3.8) is 0 Å². The molecule has 10 nitrogen and oxygen atoms in total. The predicted molar refractivity (Wildman–Crippen MR) is 131 cm³/mol. The van der Waals surface area contributed by atoms with E-state index in [1.54, 1.807) is 27.9 Å². The third kappa shape index (κ3) is 10.1. The van der Waals surface area contributed by atoms with Crippen LogP contribution in [0.4, 0.5) is 0 Å². The van der Waals surface area contributed by atoms with Crippen LogP contribution in [0.15, 0.2) is 0 Å². The van der Waals surface area contributed by atoms with Gasteiger partial charge in [0, 0.05) is 19.0 Å². The molecule has 1 amide bonds. The second kappa shape index (κ2) is 15.7. The van der Waals surface area contributed by atoms with Crippen LogP contribution < -0.4 is 10.6 Å². The summed E-state index contributed by atoms with van der Waals surface area (Å²) < 4.78 is 16.0. The number of hydrogen-bond donors (Lipinski definition) is 2. The van der Waals surface area contributed by atoms with Crippen LogP contribution >= 0.6 is 0 Å². The number of likely N-dealkylation sites (tertiary alicyclic amines) is 1. The van der Waals surface area contributed by atoms with Gasteiger partial charge in [-0.15, -0.1) is 0 Å². The zero-order valence-electron chi connectivity index (χ0n) is 22.3. The van der Waals surface area contributed by atoms with Crippen molar-refractivity contribution < 1.29 is 33.4 Å². The van der Waals surface area contributed by atoms with Gasteiger partial charge in [-0.25, -0.2) is 4.79 Å². The maximum atomic E-state index is 13.0. The molecule has 0 aromatic carbocycles. The third-order valence-electron chi connectivity index (χ3n) is 6.34. The number of likely N-dealkylation sites (N-methyl/N-ethyl adjacent to an activating group) is 2. The normalized spacial score (nSPS) is 15.7. The number of unbranched alkanes of at least 4 members (excludes halogenated alkanes) is 1. The monoisotopic (exact) mass is 499 g/mol. The molecule has 0 spiro atoms. The Bertz CT molecular complexity index is 695. The van der Waals surface area contributed by atoms with Gasteiger partial charge in [-0.1, -0.05) is 20.3 Å². The molecule has 1 rings (SSSR count). The van der Waals surface area contributed by atoms with Crippen LogP contribution in [-0.2, 0) is 33.4 Å². The molecule has 2 unspecified atom stereocenters. The molecule has 1 fully saturated rings. The molecule has 0 radical (unpaired) electrons. The first-order chi connectivity index (χ1) is 16.6. The fourth-order valence-electron chi connectivity index (χ4n) is 4.23. The molecule has 1 aliphatic rings. The van der Waals surface area contributed by atoms with Gasteiger partial charge in [0.1, 0.15) is 13.2 Å². The lowest BCUT2D eigenvalue weighted by atomic mass is 9.80. The average molecular weight is 500 g/mol. The Balaban J connectivity index is 2.77. The molecule has 0 bridgehead atoms. The third-order valence-corrected chi connectivity index (χ3v) is 6.34. The molecule has 1 heterocycles. The molecule has 0 aromatic heterocycles. The van der Waals surface area contributed by atoms with Gasteiger partial charge in [0.2, 0.25) is 5.91 Å². The second-order valence-corrected chi connectivity index (χ2v) is 9.61. The van der Waals surface area contributed by atoms with E-state index >= 15 is 0 Å². The topological polar surface area (TPSA) is 123 Å². The number of carbonyl (C=O) groups is 4. The van der Waals surface area contributed by atoms with Gasteiger partial charge in [-0.05, 0) is 60.0 Å². The summed E-state index contributed by atoms with van der Waals surface area (Å²) in [7, 11) is 3.24. The van der Waals surface area contributed by atoms with Gasteiger partial charge in [-0.3, -0.25) is 25.0 Å². The first-order valence-electron chi connectivity index (χ1n) is 12.8. The van der Waals surface area contributed by atoms with Gasteiger partial charge < -0.3 is 19.1 Å². The molecule has 35 heavy (non-hydrogen) atoms. The van der Waals surface area contributed by atoms with E-state index in [-0.39, 0.29) is 37.6 Å². The molecular weight excluding hydrogens is 454 g/mol. The van der Waals surface area contributed by atoms with Gasteiger partial charge in [-0.2, -0.15) is 0 Å². The highest BCUT2D eigenvalue weighted by Crippen LogP contribution is 2.32. The van der Waals surface area contributed by atoms with Crippen LogP contribution in [0.25, 0.3) is 0 Å². The summed E-state index contributed by atoms with van der Waals surface area (Å²) in [6, 6.07) is -0.0766. The van der Waals surface area contributed by atoms with Crippen molar-refractivity contribution in [3.05, 3.63) is 0 Å². The highest BCUT2D eigenvalue weighted by molar-refractivity contribution is 5.80. The van der Waals surface area contributed by atoms with E-state index in [0.717, 1.165) is 25.7 Å². The summed E-state index contributed by atoms with van der Waals surface area (Å²) in [6.45, 7) is 8.36. The summed E-state index contributed by atoms with van der Waals surface area (Å²) in [5, 5.41) is 5.51. The summed E-state index contributed by atoms with van der Waals surface area (Å²) in [5.74, 6) is -1.76. The van der Waals surface area contributed by atoms with E-state index in [1.165, 1.54) is 0 Å². The fourth-order valence-corrected chi connectivity index (χ4v) is 4.23. The highest BCUT2D eigenvalue weighted by atomic mass is 16.6. The summed E-state index contributed by atoms with van der Waals surface area (Å²) in [6.07, 6.45) is 3.79. The van der Waals surface area contributed by atoms with E-state index in [2.05, 4.69) is 10.6 Å². The first kappa shape index (κ1) is 30.8. The summed E-state index contributed by atoms with van der Waals surface area (Å²) >= 11 is 0. The number of amides is 1. The lowest BCUT2D eigenvalue weighted by Gasteiger charge is -2.32. The van der Waals surface area contributed by atoms with Gasteiger partial charge >= 0.3 is 17.9 Å². The molecule has 10 heteroatoms. The van der Waals surface area contributed by atoms with Crippen molar-refractivity contribution in [2.45, 2.75) is 84.8 Å². The van der Waals surface area contributed by atoms with Crippen LogP contribution in [-0.4, -0.2) is 81.4 Å². The Labute approximate surface area is 209 Å². The van der Waals surface area contributed by atoms with Crippen molar-refractivity contribution in [1.29, 1.82) is 0 Å². The van der Waals surface area contributed by atoms with E-state index in [1.807, 2.05) is 18.7 Å². The molecule has 0 aliphatic carbocycles. The van der Waals surface area contributed by atoms with Crippen molar-refractivity contribution >= 4 is 23.8 Å². The quantitative estimate of drug-likeness (QED) is 0.134. The van der Waals surface area contributed by atoms with Gasteiger partial charge in [0.15, 0.2) is 6.17 Å². The first-order valence-corrected chi connectivity index (χ1v) is 12.8. The number of nitrogens with zero attached hydrogens (tertiary/aromatic N) is 1. The zero-order valence-corrected chi connectivity index (χ0v) is 22.3. The molecular formula is C25H45N3O7. The van der Waals surface area contributed by atoms with Crippen molar-refractivity contribution in [3.8, 4) is 0 Å². The minimum atomic E-state index is -0.968. The van der Waals surface area contributed by atoms with E-state index < -0.39 is 29.4 Å². The summed E-state index contributed by atoms with van der Waals surface area (Å²) in [5.41, 5.74) is -0.968. The Morgan fingerprint density at radius 3 is 2.17 bits per heavy atom. The standard InChI is InChI=1S/C25H45N3O7/c1-7-9-13-33-22(30)18(16-19(8-2)28-12-10-11-20(28)29)17-25(3,4)24(32)35-15-14-34-23(31)21(26-5)27-6/h18-19,21,26-27H,7-17H2,1-6H3. The van der Waals surface area contributed by atoms with Gasteiger partial charge in [0.05, 0.1) is 17.9 Å². The van der Waals surface area contributed by atoms with Crippen molar-refractivity contribution in [1.82, 2.24) is 15.5 Å². The maximum Gasteiger partial charge on any atom is 0.338 e. The molecule has 202 valence electrons. The number of ether oxygens (including phenoxy) is 3. The van der Waals surface area contributed by atoms with Gasteiger partial charge in [0.25, 0.3) is 0 Å². The molecule has 0 saturated carbocycles. The smallest absolute Gasteiger partial charge is 0.338 e. The van der Waals surface area contributed by atoms with E-state index in [0.29, 0.717) is 26.0 Å². The van der Waals surface area contributed by atoms with Crippen LogP contribution in [0, 0.1) is 11.3 Å². The number of carbonyl (C=O) groups excluding carboxylic acids is 4. The van der Waals surface area contributed by atoms with Crippen LogP contribution in [0.3, 0.4) is 0 Å². The van der Waals surface area contributed by atoms with Crippen LogP contribution in [0.2, 0.25) is 0 Å². The number of hydrogen-bond acceptors (Lipinski definition) is 9. The van der Waals surface area contributed by atoms with Crippen LogP contribution in [0.1, 0.15) is 72.6 Å². The molecule has 0 aromatic rings. The Morgan fingerprint density at radius 1 is 1.00 bits per heavy atom. The molecule has 2 atom stereocenters. The number of nitrogens with one attached hydrogen (secondary N) is 2. The lowest BCUT2D eigenvalue weighted by molar-refractivity contribution is -0.162. The lowest BCUT2D eigenvalue weighted by Crippen LogP contribution is -2.46. The van der Waals surface area contributed by atoms with Crippen molar-refractivity contribution in [2.75, 3.05) is 40.5 Å². The Morgan fingerprint density at radius 2 is 1.63 bits per heavy atom. The SMILES string of the molecule is CCCCOC(=O)C(CC(CC)N1CCCC1=O)CC(C)(C)C(=O)OCCOC(=O)C(NC)NC. The van der Waals surface area contributed by atoms with E-state index in [9.17, 15) is 19.2 Å². The molecule has 2 N–H and O–H groups in total. The predicted octanol–water partition coefficient (Wildman–Crippen LogP) is 2.00.